The minimum absolute atomic E-state index is 0.150. The number of halogens is 1. The predicted molar refractivity (Wildman–Crippen MR) is 81.7 cm³/mol. The van der Waals surface area contributed by atoms with E-state index in [1.54, 1.807) is 0 Å². The highest BCUT2D eigenvalue weighted by atomic mass is 79.9. The first-order valence-electron chi connectivity index (χ1n) is 6.65. The fraction of sp³-hybridized carbons (Fsp3) is 0.562. The molecule has 0 unspecified atom stereocenters. The van der Waals surface area contributed by atoms with Crippen molar-refractivity contribution in [3.8, 4) is 0 Å². The summed E-state index contributed by atoms with van der Waals surface area (Å²) in [6, 6.07) is 8.08. The van der Waals surface area contributed by atoms with Gasteiger partial charge in [-0.3, -0.25) is 4.79 Å². The normalized spacial score (nSPS) is 11.6. The highest BCUT2D eigenvalue weighted by molar-refractivity contribution is 9.09. The maximum Gasteiger partial charge on any atom is 0.162 e. The van der Waals surface area contributed by atoms with Crippen molar-refractivity contribution in [1.29, 1.82) is 0 Å². The third-order valence-corrected chi connectivity index (χ3v) is 3.67. The maximum atomic E-state index is 12.0. The number of hydrogen-bond acceptors (Lipinski definition) is 1. The monoisotopic (exact) mass is 310 g/mol. The maximum absolute atomic E-state index is 12.0. The van der Waals surface area contributed by atoms with Gasteiger partial charge in [0.2, 0.25) is 0 Å². The molecule has 0 aliphatic heterocycles. The Morgan fingerprint density at radius 3 is 2.17 bits per heavy atom. The van der Waals surface area contributed by atoms with Crippen LogP contribution in [0.5, 0.6) is 0 Å². The number of carbonyl (C=O) groups excluding carboxylic acids is 1. The molecule has 0 atom stereocenters. The van der Waals surface area contributed by atoms with Crippen LogP contribution in [0.1, 0.15) is 62.4 Å². The molecular weight excluding hydrogens is 288 g/mol. The molecule has 0 bridgehead atoms. The van der Waals surface area contributed by atoms with Gasteiger partial charge in [-0.25, -0.2) is 0 Å². The quantitative estimate of drug-likeness (QED) is 0.405. The number of unbranched alkanes of at least 4 members (excludes halogenated alkanes) is 2. The number of Topliss-reactive ketones (excluding diaryl/α,β-unsaturated/α-hetero) is 1. The first kappa shape index (κ1) is 15.4. The minimum Gasteiger partial charge on any atom is -0.294 e. The molecule has 0 amide bonds. The second-order valence-electron chi connectivity index (χ2n) is 5.75. The lowest BCUT2D eigenvalue weighted by Gasteiger charge is -2.18. The Bertz CT molecular complexity index is 373. The predicted octanol–water partition coefficient (Wildman–Crippen LogP) is 5.12. The number of carbonyl (C=O) groups is 1. The number of hydrogen-bond donors (Lipinski definition) is 0. The van der Waals surface area contributed by atoms with Gasteiger partial charge < -0.3 is 0 Å². The minimum atomic E-state index is 0.150. The van der Waals surface area contributed by atoms with E-state index in [4.69, 9.17) is 0 Å². The van der Waals surface area contributed by atoms with Gasteiger partial charge in [0, 0.05) is 17.3 Å². The van der Waals surface area contributed by atoms with Crippen molar-refractivity contribution < 1.29 is 4.79 Å². The molecule has 18 heavy (non-hydrogen) atoms. The second kappa shape index (κ2) is 7.08. The van der Waals surface area contributed by atoms with E-state index in [9.17, 15) is 4.79 Å². The Balaban J connectivity index is 2.54. The van der Waals surface area contributed by atoms with Crippen LogP contribution in [0.3, 0.4) is 0 Å². The highest BCUT2D eigenvalue weighted by Crippen LogP contribution is 2.22. The number of ketones is 1. The van der Waals surface area contributed by atoms with E-state index in [0.717, 1.165) is 30.2 Å². The topological polar surface area (TPSA) is 17.1 Å². The van der Waals surface area contributed by atoms with Gasteiger partial charge in [-0.2, -0.15) is 0 Å². The van der Waals surface area contributed by atoms with Crippen LogP contribution >= 0.6 is 15.9 Å². The molecule has 2 heteroatoms. The molecule has 0 radical (unpaired) electrons. The average Bonchev–Trinajstić information content (AvgIpc) is 2.33. The van der Waals surface area contributed by atoms with Crippen molar-refractivity contribution in [3.63, 3.8) is 0 Å². The largest absolute Gasteiger partial charge is 0.294 e. The SMILES string of the molecule is CC(C)(C)c1ccc(C(=O)CCCCCBr)cc1. The average molecular weight is 311 g/mol. The van der Waals surface area contributed by atoms with Crippen molar-refractivity contribution in [2.45, 2.75) is 51.9 Å². The lowest BCUT2D eigenvalue weighted by Crippen LogP contribution is -2.11. The van der Waals surface area contributed by atoms with Crippen LogP contribution in [-0.2, 0) is 5.41 Å². The van der Waals surface area contributed by atoms with E-state index in [0.29, 0.717) is 6.42 Å². The molecule has 1 rings (SSSR count). The van der Waals surface area contributed by atoms with E-state index < -0.39 is 0 Å². The van der Waals surface area contributed by atoms with Crippen LogP contribution in [0.4, 0.5) is 0 Å². The summed E-state index contributed by atoms with van der Waals surface area (Å²) in [4.78, 5) is 12.0. The van der Waals surface area contributed by atoms with Crippen molar-refractivity contribution in [3.05, 3.63) is 35.4 Å². The van der Waals surface area contributed by atoms with Gasteiger partial charge in [0.25, 0.3) is 0 Å². The summed E-state index contributed by atoms with van der Waals surface area (Å²) >= 11 is 3.40. The summed E-state index contributed by atoms with van der Waals surface area (Å²) in [6.45, 7) is 6.55. The molecule has 0 saturated carbocycles. The van der Waals surface area contributed by atoms with Gasteiger partial charge in [-0.15, -0.1) is 0 Å². The summed E-state index contributed by atoms with van der Waals surface area (Å²) in [6.07, 6.45) is 3.93. The Morgan fingerprint density at radius 2 is 1.67 bits per heavy atom. The van der Waals surface area contributed by atoms with E-state index in [2.05, 4.69) is 48.8 Å². The van der Waals surface area contributed by atoms with Gasteiger partial charge in [-0.05, 0) is 23.8 Å². The van der Waals surface area contributed by atoms with Gasteiger partial charge in [0.1, 0.15) is 0 Å². The Hall–Kier alpha value is -0.630. The van der Waals surface area contributed by atoms with E-state index in [-0.39, 0.29) is 11.2 Å². The van der Waals surface area contributed by atoms with Crippen molar-refractivity contribution >= 4 is 21.7 Å². The van der Waals surface area contributed by atoms with Gasteiger partial charge in [0.05, 0.1) is 0 Å². The molecule has 100 valence electrons. The molecule has 0 fully saturated rings. The van der Waals surface area contributed by atoms with E-state index in [1.165, 1.54) is 5.56 Å². The molecule has 1 nitrogen and oxygen atoms in total. The second-order valence-corrected chi connectivity index (χ2v) is 6.54. The zero-order valence-corrected chi connectivity index (χ0v) is 13.2. The highest BCUT2D eigenvalue weighted by Gasteiger charge is 2.14. The van der Waals surface area contributed by atoms with Crippen LogP contribution < -0.4 is 0 Å². The van der Waals surface area contributed by atoms with Crippen molar-refractivity contribution in [2.24, 2.45) is 0 Å². The van der Waals surface area contributed by atoms with Crippen molar-refractivity contribution in [1.82, 2.24) is 0 Å². The van der Waals surface area contributed by atoms with Gasteiger partial charge >= 0.3 is 0 Å². The molecule has 1 aromatic rings. The number of rotatable bonds is 6. The number of alkyl halides is 1. The zero-order valence-electron chi connectivity index (χ0n) is 11.6. The van der Waals surface area contributed by atoms with Crippen LogP contribution in [0.25, 0.3) is 0 Å². The molecule has 0 saturated heterocycles. The van der Waals surface area contributed by atoms with Crippen LogP contribution in [0.2, 0.25) is 0 Å². The fourth-order valence-corrected chi connectivity index (χ4v) is 2.25. The number of benzene rings is 1. The summed E-state index contributed by atoms with van der Waals surface area (Å²) < 4.78 is 0. The van der Waals surface area contributed by atoms with Gasteiger partial charge in [-0.1, -0.05) is 67.4 Å². The molecule has 0 N–H and O–H groups in total. The molecule has 0 spiro atoms. The molecule has 1 aromatic carbocycles. The molecule has 0 aromatic heterocycles. The van der Waals surface area contributed by atoms with Crippen LogP contribution in [-0.4, -0.2) is 11.1 Å². The molecule has 0 aliphatic rings. The summed E-state index contributed by atoms with van der Waals surface area (Å²) in [7, 11) is 0. The van der Waals surface area contributed by atoms with Crippen LogP contribution in [0, 0.1) is 0 Å². The third kappa shape index (κ3) is 4.93. The molecule has 0 heterocycles. The Labute approximate surface area is 119 Å². The first-order chi connectivity index (χ1) is 8.45. The standard InChI is InChI=1S/C16H23BrO/c1-16(2,3)14-10-8-13(9-11-14)15(18)7-5-4-6-12-17/h8-11H,4-7,12H2,1-3H3. The van der Waals surface area contributed by atoms with Crippen LogP contribution in [0.15, 0.2) is 24.3 Å². The summed E-state index contributed by atoms with van der Waals surface area (Å²) in [5.74, 6) is 0.269. The smallest absolute Gasteiger partial charge is 0.162 e. The Kier molecular flexibility index (Phi) is 6.07. The first-order valence-corrected chi connectivity index (χ1v) is 7.77. The summed E-state index contributed by atoms with van der Waals surface area (Å²) in [5, 5.41) is 1.03. The zero-order chi connectivity index (χ0) is 13.6. The summed E-state index contributed by atoms with van der Waals surface area (Å²) in [5.41, 5.74) is 2.28. The van der Waals surface area contributed by atoms with E-state index in [1.807, 2.05) is 12.1 Å². The molecular formula is C16H23BrO. The lowest BCUT2D eigenvalue weighted by atomic mass is 9.86. The molecule has 0 aliphatic carbocycles. The van der Waals surface area contributed by atoms with Crippen molar-refractivity contribution in [2.75, 3.05) is 5.33 Å². The lowest BCUT2D eigenvalue weighted by molar-refractivity contribution is 0.0979. The van der Waals surface area contributed by atoms with E-state index >= 15 is 0 Å². The Morgan fingerprint density at radius 1 is 1.06 bits per heavy atom. The third-order valence-electron chi connectivity index (χ3n) is 3.11. The fourth-order valence-electron chi connectivity index (χ4n) is 1.86. The van der Waals surface area contributed by atoms with Gasteiger partial charge in [0.15, 0.2) is 5.78 Å².